The zero-order valence-electron chi connectivity index (χ0n) is 20.1. The second kappa shape index (κ2) is 11.8. The van der Waals surface area contributed by atoms with Crippen molar-refractivity contribution in [1.29, 1.82) is 0 Å². The first-order valence-corrected chi connectivity index (χ1v) is 13.0. The average molecular weight is 550 g/mol. The Balaban J connectivity index is 2.48. The Kier molecular flexibility index (Phi) is 9.61. The minimum absolute atomic E-state index is 0.0830. The zero-order chi connectivity index (χ0) is 27.3. The van der Waals surface area contributed by atoms with Crippen molar-refractivity contribution < 1.29 is 35.9 Å². The lowest BCUT2D eigenvalue weighted by Gasteiger charge is -2.31. The molecule has 0 saturated heterocycles. The van der Waals surface area contributed by atoms with Crippen molar-refractivity contribution in [1.82, 2.24) is 10.2 Å². The molecule has 198 valence electrons. The molecule has 1 atom stereocenters. The maximum atomic E-state index is 13.4. The maximum Gasteiger partial charge on any atom is 0.417 e. The number of rotatable bonds is 10. The van der Waals surface area contributed by atoms with Gasteiger partial charge in [0.15, 0.2) is 0 Å². The van der Waals surface area contributed by atoms with E-state index in [1.165, 1.54) is 14.0 Å². The van der Waals surface area contributed by atoms with E-state index in [0.717, 1.165) is 23.3 Å². The number of benzene rings is 2. The lowest BCUT2D eigenvalue weighted by Crippen LogP contribution is -2.51. The number of ether oxygens (including phenoxy) is 1. The number of methoxy groups -OCH3 is 1. The number of sulfonamides is 1. The van der Waals surface area contributed by atoms with Crippen molar-refractivity contribution >= 4 is 39.1 Å². The van der Waals surface area contributed by atoms with Gasteiger partial charge in [0.25, 0.3) is 0 Å². The fourth-order valence-corrected chi connectivity index (χ4v) is 4.44. The molecular formula is C23H27ClF3N3O5S. The number of halogens is 4. The first-order valence-electron chi connectivity index (χ1n) is 10.7. The molecule has 0 fully saturated rings. The smallest absolute Gasteiger partial charge is 0.417 e. The van der Waals surface area contributed by atoms with Crippen molar-refractivity contribution in [3.63, 3.8) is 0 Å². The second-order valence-electron chi connectivity index (χ2n) is 7.88. The van der Waals surface area contributed by atoms with E-state index < -0.39 is 56.9 Å². The number of carbonyl (C=O) groups excluding carboxylic acids is 2. The molecule has 0 aromatic heterocycles. The van der Waals surface area contributed by atoms with E-state index in [9.17, 15) is 31.2 Å². The van der Waals surface area contributed by atoms with Gasteiger partial charge in [-0.3, -0.25) is 13.9 Å². The summed E-state index contributed by atoms with van der Waals surface area (Å²) < 4.78 is 70.9. The quantitative estimate of drug-likeness (QED) is 0.488. The molecule has 0 bridgehead atoms. The number of amides is 2. The summed E-state index contributed by atoms with van der Waals surface area (Å²) in [6.07, 6.45) is -4.08. The molecule has 0 unspecified atom stereocenters. The van der Waals surface area contributed by atoms with E-state index in [4.69, 9.17) is 16.3 Å². The van der Waals surface area contributed by atoms with E-state index in [-0.39, 0.29) is 6.54 Å². The molecule has 0 saturated carbocycles. The number of carbonyl (C=O) groups is 2. The Labute approximate surface area is 213 Å². The van der Waals surface area contributed by atoms with Gasteiger partial charge in [0.1, 0.15) is 18.3 Å². The van der Waals surface area contributed by atoms with Crippen molar-refractivity contribution in [2.75, 3.05) is 30.8 Å². The summed E-state index contributed by atoms with van der Waals surface area (Å²) in [6, 6.07) is 8.25. The first-order chi connectivity index (χ1) is 16.7. The summed E-state index contributed by atoms with van der Waals surface area (Å²) in [6.45, 7) is 2.54. The summed E-state index contributed by atoms with van der Waals surface area (Å²) in [5, 5.41) is 1.99. The minimum atomic E-state index is -4.84. The third-order valence-electron chi connectivity index (χ3n) is 5.23. The normalized spacial score (nSPS) is 12.6. The molecular weight excluding hydrogens is 523 g/mol. The standard InChI is InChI=1S/C23H27ClF3N3O5S/c1-5-28-22(32)15(2)29(13-16-7-6-8-18(11-16)35-3)21(31)14-30(36(4,33)34)17-9-10-20(24)19(12-17)23(25,26)27/h6-12,15H,5,13-14H2,1-4H3,(H,28,32)/t15-/m0/s1. The van der Waals surface area contributed by atoms with Crippen LogP contribution in [0.5, 0.6) is 5.75 Å². The molecule has 2 amide bonds. The average Bonchev–Trinajstić information content (AvgIpc) is 2.79. The van der Waals surface area contributed by atoms with Crippen LogP contribution in [0.2, 0.25) is 5.02 Å². The Morgan fingerprint density at radius 1 is 1.17 bits per heavy atom. The number of hydrogen-bond donors (Lipinski definition) is 1. The van der Waals surface area contributed by atoms with Gasteiger partial charge in [-0.25, -0.2) is 8.42 Å². The second-order valence-corrected chi connectivity index (χ2v) is 10.2. The van der Waals surface area contributed by atoms with Crippen molar-refractivity contribution in [3.05, 3.63) is 58.6 Å². The fourth-order valence-electron chi connectivity index (χ4n) is 3.37. The largest absolute Gasteiger partial charge is 0.497 e. The summed E-state index contributed by atoms with van der Waals surface area (Å²) in [5.74, 6) is -0.778. The van der Waals surface area contributed by atoms with Crippen LogP contribution in [0.1, 0.15) is 25.0 Å². The number of likely N-dealkylation sites (N-methyl/N-ethyl adjacent to an activating group) is 1. The van der Waals surface area contributed by atoms with Crippen LogP contribution in [0.3, 0.4) is 0 Å². The SMILES string of the molecule is CCNC(=O)[C@H](C)N(Cc1cccc(OC)c1)C(=O)CN(c1ccc(Cl)c(C(F)(F)F)c1)S(C)(=O)=O. The highest BCUT2D eigenvalue weighted by Crippen LogP contribution is 2.37. The molecule has 8 nitrogen and oxygen atoms in total. The zero-order valence-corrected chi connectivity index (χ0v) is 21.7. The van der Waals surface area contributed by atoms with Crippen LogP contribution >= 0.6 is 11.6 Å². The third kappa shape index (κ3) is 7.50. The Bertz CT molecular complexity index is 1210. The van der Waals surface area contributed by atoms with Crippen molar-refractivity contribution in [2.45, 2.75) is 32.6 Å². The number of hydrogen-bond acceptors (Lipinski definition) is 5. The topological polar surface area (TPSA) is 96.0 Å². The predicted molar refractivity (Wildman–Crippen MR) is 130 cm³/mol. The number of alkyl halides is 3. The monoisotopic (exact) mass is 549 g/mol. The molecule has 0 aliphatic carbocycles. The van der Waals surface area contributed by atoms with Gasteiger partial charge in [0, 0.05) is 13.1 Å². The lowest BCUT2D eigenvalue weighted by molar-refractivity contribution is -0.139. The number of nitrogens with one attached hydrogen (secondary N) is 1. The van der Waals surface area contributed by atoms with E-state index in [1.54, 1.807) is 31.2 Å². The fraction of sp³-hybridized carbons (Fsp3) is 0.391. The number of nitrogens with zero attached hydrogens (tertiary/aromatic N) is 2. The molecule has 0 spiro atoms. The molecule has 2 aromatic rings. The van der Waals surface area contributed by atoms with Gasteiger partial charge in [-0.1, -0.05) is 23.7 Å². The van der Waals surface area contributed by atoms with Crippen LogP contribution < -0.4 is 14.4 Å². The summed E-state index contributed by atoms with van der Waals surface area (Å²) in [5.41, 5.74) is -1.04. The Morgan fingerprint density at radius 3 is 2.39 bits per heavy atom. The van der Waals surface area contributed by atoms with Gasteiger partial charge in [-0.05, 0) is 49.7 Å². The van der Waals surface area contributed by atoms with Crippen molar-refractivity contribution in [2.24, 2.45) is 0 Å². The van der Waals surface area contributed by atoms with Crippen molar-refractivity contribution in [3.8, 4) is 5.75 Å². The highest BCUT2D eigenvalue weighted by Gasteiger charge is 2.35. The van der Waals surface area contributed by atoms with Gasteiger partial charge >= 0.3 is 6.18 Å². The molecule has 0 radical (unpaired) electrons. The highest BCUT2D eigenvalue weighted by atomic mass is 35.5. The Hall–Kier alpha value is -2.99. The molecule has 2 rings (SSSR count). The molecule has 36 heavy (non-hydrogen) atoms. The van der Waals surface area contributed by atoms with Crippen LogP contribution in [-0.2, 0) is 32.3 Å². The van der Waals surface area contributed by atoms with Gasteiger partial charge in [-0.2, -0.15) is 13.2 Å². The minimum Gasteiger partial charge on any atom is -0.497 e. The molecule has 0 aliphatic heterocycles. The van der Waals surface area contributed by atoms with Gasteiger partial charge in [-0.15, -0.1) is 0 Å². The van der Waals surface area contributed by atoms with E-state index in [1.807, 2.05) is 0 Å². The molecule has 13 heteroatoms. The lowest BCUT2D eigenvalue weighted by atomic mass is 10.1. The first kappa shape index (κ1) is 29.2. The maximum absolute atomic E-state index is 13.4. The van der Waals surface area contributed by atoms with Crippen LogP contribution in [0.25, 0.3) is 0 Å². The predicted octanol–water partition coefficient (Wildman–Crippen LogP) is 3.69. The molecule has 1 N–H and O–H groups in total. The summed E-state index contributed by atoms with van der Waals surface area (Å²) >= 11 is 5.66. The number of anilines is 1. The Morgan fingerprint density at radius 2 is 1.83 bits per heavy atom. The van der Waals surface area contributed by atoms with Gasteiger partial charge in [0.2, 0.25) is 21.8 Å². The van der Waals surface area contributed by atoms with Gasteiger partial charge in [0.05, 0.1) is 29.6 Å². The molecule has 0 heterocycles. The third-order valence-corrected chi connectivity index (χ3v) is 6.70. The van der Waals surface area contributed by atoms with E-state index in [2.05, 4.69) is 5.32 Å². The summed E-state index contributed by atoms with van der Waals surface area (Å²) in [4.78, 5) is 27.1. The highest BCUT2D eigenvalue weighted by molar-refractivity contribution is 7.92. The summed E-state index contributed by atoms with van der Waals surface area (Å²) in [7, 11) is -2.74. The van der Waals surface area contributed by atoms with Crippen LogP contribution in [0.4, 0.5) is 18.9 Å². The molecule has 0 aliphatic rings. The van der Waals surface area contributed by atoms with Crippen LogP contribution in [0.15, 0.2) is 42.5 Å². The van der Waals surface area contributed by atoms with E-state index >= 15 is 0 Å². The van der Waals surface area contributed by atoms with Gasteiger partial charge < -0.3 is 15.0 Å². The van der Waals surface area contributed by atoms with E-state index in [0.29, 0.717) is 28.2 Å². The van der Waals surface area contributed by atoms with Crippen LogP contribution in [0, 0.1) is 0 Å². The molecule has 2 aromatic carbocycles. The van der Waals surface area contributed by atoms with Crippen LogP contribution in [-0.4, -0.2) is 57.6 Å².